The van der Waals surface area contributed by atoms with Gasteiger partial charge in [0.25, 0.3) is 0 Å². The number of hydrogen-bond acceptors (Lipinski definition) is 5. The molecule has 0 radical (unpaired) electrons. The summed E-state index contributed by atoms with van der Waals surface area (Å²) < 4.78 is 5.46. The largest absolute Gasteiger partial charge is 0.444 e. The molecular weight excluding hydrogens is 280 g/mol. The molecule has 1 aromatic rings. The SMILES string of the molecule is CC(C)(C)OC(=O)N1CCC12CN(c1cccc(C#N)n1)C2. The second kappa shape index (κ2) is 4.87. The predicted molar refractivity (Wildman–Crippen MR) is 81.5 cm³/mol. The van der Waals surface area contributed by atoms with Gasteiger partial charge in [0.2, 0.25) is 0 Å². The van der Waals surface area contributed by atoms with E-state index in [-0.39, 0.29) is 11.6 Å². The van der Waals surface area contributed by atoms with Crippen molar-refractivity contribution in [1.29, 1.82) is 5.26 Å². The van der Waals surface area contributed by atoms with Crippen LogP contribution in [0, 0.1) is 11.3 Å². The molecule has 0 N–H and O–H groups in total. The number of nitrogens with zero attached hydrogens (tertiary/aromatic N) is 4. The summed E-state index contributed by atoms with van der Waals surface area (Å²) in [5.41, 5.74) is -0.178. The molecule has 0 atom stereocenters. The highest BCUT2D eigenvalue weighted by Crippen LogP contribution is 2.41. The summed E-state index contributed by atoms with van der Waals surface area (Å²) in [6.07, 6.45) is 0.748. The Morgan fingerprint density at radius 2 is 2.14 bits per heavy atom. The first-order valence-corrected chi connectivity index (χ1v) is 7.46. The van der Waals surface area contributed by atoms with Gasteiger partial charge in [0.1, 0.15) is 23.2 Å². The summed E-state index contributed by atoms with van der Waals surface area (Å²) in [5, 5.41) is 8.92. The number of likely N-dealkylation sites (tertiary alicyclic amines) is 1. The van der Waals surface area contributed by atoms with Gasteiger partial charge >= 0.3 is 6.09 Å². The summed E-state index contributed by atoms with van der Waals surface area (Å²) in [7, 11) is 0. The lowest BCUT2D eigenvalue weighted by atomic mass is 9.78. The molecule has 2 aliphatic heterocycles. The molecule has 0 aromatic carbocycles. The third kappa shape index (κ3) is 2.47. The highest BCUT2D eigenvalue weighted by atomic mass is 16.6. The maximum Gasteiger partial charge on any atom is 0.410 e. The van der Waals surface area contributed by atoms with Crippen LogP contribution >= 0.6 is 0 Å². The maximum atomic E-state index is 12.2. The second-order valence-corrected chi connectivity index (χ2v) is 6.96. The quantitative estimate of drug-likeness (QED) is 0.795. The van der Waals surface area contributed by atoms with Crippen LogP contribution in [0.25, 0.3) is 0 Å². The van der Waals surface area contributed by atoms with Gasteiger partial charge in [0, 0.05) is 19.6 Å². The third-order valence-electron chi connectivity index (χ3n) is 4.13. The Labute approximate surface area is 130 Å². The molecule has 6 heteroatoms. The molecule has 3 heterocycles. The van der Waals surface area contributed by atoms with Crippen LogP contribution in [0.1, 0.15) is 32.9 Å². The minimum Gasteiger partial charge on any atom is -0.444 e. The van der Waals surface area contributed by atoms with Crippen LogP contribution in [0.3, 0.4) is 0 Å². The number of hydrogen-bond donors (Lipinski definition) is 0. The molecule has 0 aliphatic carbocycles. The van der Waals surface area contributed by atoms with Crippen molar-refractivity contribution in [2.75, 3.05) is 24.5 Å². The number of amides is 1. The zero-order chi connectivity index (χ0) is 16.0. The first kappa shape index (κ1) is 14.6. The van der Waals surface area contributed by atoms with E-state index in [0.29, 0.717) is 5.69 Å². The van der Waals surface area contributed by atoms with Crippen LogP contribution in [0.5, 0.6) is 0 Å². The van der Waals surface area contributed by atoms with Crippen molar-refractivity contribution in [3.05, 3.63) is 23.9 Å². The van der Waals surface area contributed by atoms with Gasteiger partial charge in [-0.3, -0.25) is 4.90 Å². The average Bonchev–Trinajstić information content (AvgIpc) is 2.34. The number of carbonyl (C=O) groups is 1. The smallest absolute Gasteiger partial charge is 0.410 e. The fraction of sp³-hybridized carbons (Fsp3) is 0.562. The van der Waals surface area contributed by atoms with E-state index in [1.54, 1.807) is 6.07 Å². The highest BCUT2D eigenvalue weighted by Gasteiger charge is 2.56. The minimum atomic E-state index is -0.472. The van der Waals surface area contributed by atoms with E-state index < -0.39 is 5.60 Å². The maximum absolute atomic E-state index is 12.2. The number of anilines is 1. The Balaban J connectivity index is 1.64. The van der Waals surface area contributed by atoms with Crippen LogP contribution in [0.2, 0.25) is 0 Å². The average molecular weight is 300 g/mol. The predicted octanol–water partition coefficient (Wildman–Crippen LogP) is 2.15. The summed E-state index contributed by atoms with van der Waals surface area (Å²) in [5.74, 6) is 0.792. The second-order valence-electron chi connectivity index (χ2n) is 6.96. The summed E-state index contributed by atoms with van der Waals surface area (Å²) >= 11 is 0. The molecule has 116 valence electrons. The number of aromatic nitrogens is 1. The Bertz CT molecular complexity index is 638. The molecule has 0 unspecified atom stereocenters. The van der Waals surface area contributed by atoms with E-state index in [1.807, 2.05) is 43.9 Å². The van der Waals surface area contributed by atoms with Crippen molar-refractivity contribution < 1.29 is 9.53 Å². The first-order valence-electron chi connectivity index (χ1n) is 7.46. The van der Waals surface area contributed by atoms with Crippen molar-refractivity contribution in [3.63, 3.8) is 0 Å². The molecule has 0 bridgehead atoms. The normalized spacial score (nSPS) is 19.2. The fourth-order valence-corrected chi connectivity index (χ4v) is 2.96. The number of carbonyl (C=O) groups excluding carboxylic acids is 1. The van der Waals surface area contributed by atoms with E-state index in [1.165, 1.54) is 0 Å². The molecule has 2 aliphatic rings. The van der Waals surface area contributed by atoms with Crippen LogP contribution in [-0.2, 0) is 4.74 Å². The van der Waals surface area contributed by atoms with Crippen molar-refractivity contribution in [2.24, 2.45) is 0 Å². The number of pyridine rings is 1. The lowest BCUT2D eigenvalue weighted by Gasteiger charge is -2.62. The van der Waals surface area contributed by atoms with Gasteiger partial charge in [0.05, 0.1) is 5.54 Å². The zero-order valence-electron chi connectivity index (χ0n) is 13.2. The molecule has 2 saturated heterocycles. The van der Waals surface area contributed by atoms with E-state index in [9.17, 15) is 4.79 Å². The Morgan fingerprint density at radius 3 is 2.68 bits per heavy atom. The van der Waals surface area contributed by atoms with Gasteiger partial charge < -0.3 is 9.64 Å². The van der Waals surface area contributed by atoms with Crippen LogP contribution in [0.15, 0.2) is 18.2 Å². The van der Waals surface area contributed by atoms with E-state index >= 15 is 0 Å². The lowest BCUT2D eigenvalue weighted by molar-refractivity contribution is -0.0562. The summed E-state index contributed by atoms with van der Waals surface area (Å²) in [6, 6.07) is 7.46. The van der Waals surface area contributed by atoms with Gasteiger partial charge in [-0.25, -0.2) is 9.78 Å². The zero-order valence-corrected chi connectivity index (χ0v) is 13.2. The van der Waals surface area contributed by atoms with Gasteiger partial charge in [-0.2, -0.15) is 5.26 Å². The molecule has 6 nitrogen and oxygen atoms in total. The first-order chi connectivity index (χ1) is 10.3. The Hall–Kier alpha value is -2.29. The number of rotatable bonds is 1. The van der Waals surface area contributed by atoms with Crippen molar-refractivity contribution in [2.45, 2.75) is 38.3 Å². The van der Waals surface area contributed by atoms with Gasteiger partial charge in [-0.05, 0) is 39.3 Å². The molecule has 22 heavy (non-hydrogen) atoms. The highest BCUT2D eigenvalue weighted by molar-refractivity contribution is 5.72. The number of ether oxygens (including phenoxy) is 1. The third-order valence-corrected chi connectivity index (χ3v) is 4.13. The van der Waals surface area contributed by atoms with Crippen LogP contribution < -0.4 is 4.90 Å². The monoisotopic (exact) mass is 300 g/mol. The number of nitriles is 1. The molecule has 0 saturated carbocycles. The van der Waals surface area contributed by atoms with E-state index in [2.05, 4.69) is 9.88 Å². The van der Waals surface area contributed by atoms with Gasteiger partial charge in [-0.1, -0.05) is 6.07 Å². The molecule has 2 fully saturated rings. The standard InChI is InChI=1S/C16H20N4O2/c1-15(2,3)22-14(21)20-8-7-16(20)10-19(11-16)13-6-4-5-12(9-17)18-13/h4-6H,7-8,10-11H2,1-3H3. The Kier molecular flexibility index (Phi) is 3.24. The minimum absolute atomic E-state index is 0.118. The molecule has 1 aromatic heterocycles. The molecule has 1 amide bonds. The molecule has 3 rings (SSSR count). The lowest BCUT2D eigenvalue weighted by Crippen LogP contribution is -2.78. The van der Waals surface area contributed by atoms with Crippen molar-refractivity contribution in [3.8, 4) is 6.07 Å². The van der Waals surface area contributed by atoms with Crippen LogP contribution in [-0.4, -0.2) is 46.8 Å². The van der Waals surface area contributed by atoms with E-state index in [0.717, 1.165) is 31.9 Å². The molecule has 1 spiro atoms. The van der Waals surface area contributed by atoms with Crippen LogP contribution in [0.4, 0.5) is 10.6 Å². The Morgan fingerprint density at radius 1 is 1.41 bits per heavy atom. The van der Waals surface area contributed by atoms with Gasteiger partial charge in [0.15, 0.2) is 0 Å². The van der Waals surface area contributed by atoms with Gasteiger partial charge in [-0.15, -0.1) is 0 Å². The van der Waals surface area contributed by atoms with Crippen molar-refractivity contribution in [1.82, 2.24) is 9.88 Å². The van der Waals surface area contributed by atoms with Crippen molar-refractivity contribution >= 4 is 11.9 Å². The van der Waals surface area contributed by atoms with E-state index in [4.69, 9.17) is 10.00 Å². The summed E-state index contributed by atoms with van der Waals surface area (Å²) in [4.78, 5) is 20.4. The topological polar surface area (TPSA) is 69.5 Å². The molecular formula is C16H20N4O2. The summed E-state index contributed by atoms with van der Waals surface area (Å²) in [6.45, 7) is 7.86. The fourth-order valence-electron chi connectivity index (χ4n) is 2.96.